The molecule has 0 aliphatic heterocycles. The minimum absolute atomic E-state index is 0.106. The highest BCUT2D eigenvalue weighted by atomic mass is 32.2. The van der Waals surface area contributed by atoms with Gasteiger partial charge in [-0.2, -0.15) is 5.26 Å². The summed E-state index contributed by atoms with van der Waals surface area (Å²) in [6, 6.07) is 10.4. The van der Waals surface area contributed by atoms with Crippen molar-refractivity contribution in [3.8, 4) is 6.07 Å². The number of benzene rings is 1. The maximum Gasteiger partial charge on any atom is 0.240 e. The third kappa shape index (κ3) is 2.85. The van der Waals surface area contributed by atoms with Gasteiger partial charge in [0.15, 0.2) is 0 Å². The fourth-order valence-corrected chi connectivity index (χ4v) is 2.20. The summed E-state index contributed by atoms with van der Waals surface area (Å²) in [6.07, 6.45) is 4.27. The van der Waals surface area contributed by atoms with E-state index in [2.05, 4.69) is 35.7 Å². The van der Waals surface area contributed by atoms with Gasteiger partial charge in [0.2, 0.25) is 5.91 Å². The molecule has 0 saturated heterocycles. The van der Waals surface area contributed by atoms with Gasteiger partial charge in [-0.15, -0.1) is 11.8 Å². The van der Waals surface area contributed by atoms with Crippen LogP contribution in [0.3, 0.4) is 0 Å². The highest BCUT2D eigenvalue weighted by molar-refractivity contribution is 7.98. The Morgan fingerprint density at radius 1 is 1.44 bits per heavy atom. The lowest BCUT2D eigenvalue weighted by Crippen LogP contribution is -2.32. The SMILES string of the molecule is CSc1ccc(CCNC(=O)C2(C#N)CC2)cc1. The molecular formula is C14H16N2OS. The van der Waals surface area contributed by atoms with Gasteiger partial charge < -0.3 is 5.32 Å². The Kier molecular flexibility index (Phi) is 3.93. The molecule has 0 aromatic heterocycles. The molecule has 1 N–H and O–H groups in total. The van der Waals surface area contributed by atoms with Crippen molar-refractivity contribution >= 4 is 17.7 Å². The summed E-state index contributed by atoms with van der Waals surface area (Å²) >= 11 is 1.72. The Morgan fingerprint density at radius 2 is 2.11 bits per heavy atom. The molecular weight excluding hydrogens is 244 g/mol. The molecule has 1 aromatic rings. The molecule has 2 rings (SSSR count). The van der Waals surface area contributed by atoms with Crippen LogP contribution in [0.25, 0.3) is 0 Å². The smallest absolute Gasteiger partial charge is 0.240 e. The van der Waals surface area contributed by atoms with Gasteiger partial charge in [0, 0.05) is 11.4 Å². The third-order valence-corrected chi connectivity index (χ3v) is 4.00. The predicted octanol–water partition coefficient (Wildman–Crippen LogP) is 2.37. The first-order chi connectivity index (χ1) is 8.70. The number of amides is 1. The molecule has 94 valence electrons. The van der Waals surface area contributed by atoms with E-state index >= 15 is 0 Å². The molecule has 3 nitrogen and oxygen atoms in total. The lowest BCUT2D eigenvalue weighted by Gasteiger charge is -2.08. The summed E-state index contributed by atoms with van der Waals surface area (Å²) in [5.74, 6) is -0.106. The first kappa shape index (κ1) is 13.0. The molecule has 0 heterocycles. The molecule has 1 aliphatic carbocycles. The molecule has 18 heavy (non-hydrogen) atoms. The van der Waals surface area contributed by atoms with Crippen molar-refractivity contribution in [3.63, 3.8) is 0 Å². The number of nitrogens with zero attached hydrogens (tertiary/aromatic N) is 1. The third-order valence-electron chi connectivity index (χ3n) is 3.26. The second-order valence-corrected chi connectivity index (χ2v) is 5.43. The number of nitriles is 1. The Labute approximate surface area is 112 Å². The van der Waals surface area contributed by atoms with Gasteiger partial charge in [-0.1, -0.05) is 12.1 Å². The number of rotatable bonds is 5. The number of carbonyl (C=O) groups excluding carboxylic acids is 1. The lowest BCUT2D eigenvalue weighted by atomic mass is 10.1. The van der Waals surface area contributed by atoms with Crippen molar-refractivity contribution in [3.05, 3.63) is 29.8 Å². The first-order valence-corrected chi connectivity index (χ1v) is 7.25. The van der Waals surface area contributed by atoms with Crippen LogP contribution in [0.5, 0.6) is 0 Å². The minimum atomic E-state index is -0.706. The van der Waals surface area contributed by atoms with Crippen molar-refractivity contribution in [1.29, 1.82) is 5.26 Å². The zero-order chi connectivity index (χ0) is 13.0. The summed E-state index contributed by atoms with van der Waals surface area (Å²) in [7, 11) is 0. The van der Waals surface area contributed by atoms with Gasteiger partial charge in [0.1, 0.15) is 5.41 Å². The molecule has 1 aromatic carbocycles. The predicted molar refractivity (Wildman–Crippen MR) is 72.2 cm³/mol. The molecule has 0 atom stereocenters. The van der Waals surface area contributed by atoms with E-state index in [0.717, 1.165) is 6.42 Å². The van der Waals surface area contributed by atoms with Gasteiger partial charge in [-0.05, 0) is 43.2 Å². The number of thioether (sulfide) groups is 1. The molecule has 0 unspecified atom stereocenters. The zero-order valence-electron chi connectivity index (χ0n) is 10.4. The van der Waals surface area contributed by atoms with Crippen molar-refractivity contribution in [2.24, 2.45) is 5.41 Å². The van der Waals surface area contributed by atoms with Crippen molar-refractivity contribution < 1.29 is 4.79 Å². The molecule has 0 spiro atoms. The van der Waals surface area contributed by atoms with Crippen LogP contribution >= 0.6 is 11.8 Å². The molecule has 1 aliphatic rings. The van der Waals surface area contributed by atoms with Gasteiger partial charge >= 0.3 is 0 Å². The maximum atomic E-state index is 11.7. The van der Waals surface area contributed by atoms with Crippen LogP contribution in [0, 0.1) is 16.7 Å². The van der Waals surface area contributed by atoms with Gasteiger partial charge in [0.25, 0.3) is 0 Å². The largest absolute Gasteiger partial charge is 0.354 e. The fraction of sp³-hybridized carbons (Fsp3) is 0.429. The fourth-order valence-electron chi connectivity index (χ4n) is 1.80. The number of hydrogen-bond acceptors (Lipinski definition) is 3. The summed E-state index contributed by atoms with van der Waals surface area (Å²) in [6.45, 7) is 0.598. The Hall–Kier alpha value is -1.47. The van der Waals surface area contributed by atoms with Crippen LogP contribution < -0.4 is 5.32 Å². The van der Waals surface area contributed by atoms with Crippen LogP contribution in [0.4, 0.5) is 0 Å². The normalized spacial score (nSPS) is 15.8. The number of carbonyl (C=O) groups is 1. The van der Waals surface area contributed by atoms with Crippen LogP contribution in [0.15, 0.2) is 29.2 Å². The Morgan fingerprint density at radius 3 is 2.61 bits per heavy atom. The van der Waals surface area contributed by atoms with Crippen molar-refractivity contribution in [2.45, 2.75) is 24.2 Å². The first-order valence-electron chi connectivity index (χ1n) is 6.03. The van der Waals surface area contributed by atoms with E-state index in [-0.39, 0.29) is 5.91 Å². The van der Waals surface area contributed by atoms with E-state index in [4.69, 9.17) is 5.26 Å². The topological polar surface area (TPSA) is 52.9 Å². The summed E-state index contributed by atoms with van der Waals surface area (Å²) in [5.41, 5.74) is 0.498. The van der Waals surface area contributed by atoms with Gasteiger partial charge in [-0.3, -0.25) is 4.79 Å². The standard InChI is InChI=1S/C14H16N2OS/c1-18-12-4-2-11(3-5-12)6-9-16-13(17)14(10-15)7-8-14/h2-5H,6-9H2,1H3,(H,16,17). The molecule has 1 saturated carbocycles. The molecule has 1 amide bonds. The Bertz CT molecular complexity index is 472. The Balaban J connectivity index is 1.78. The molecule has 1 fully saturated rings. The monoisotopic (exact) mass is 260 g/mol. The second-order valence-electron chi connectivity index (χ2n) is 4.55. The second kappa shape index (κ2) is 5.45. The average Bonchev–Trinajstić information content (AvgIpc) is 3.20. The van der Waals surface area contributed by atoms with Crippen molar-refractivity contribution in [1.82, 2.24) is 5.32 Å². The van der Waals surface area contributed by atoms with Crippen LogP contribution in [-0.4, -0.2) is 18.7 Å². The molecule has 0 bridgehead atoms. The van der Waals surface area contributed by atoms with E-state index in [9.17, 15) is 4.79 Å². The maximum absolute atomic E-state index is 11.7. The van der Waals surface area contributed by atoms with E-state index in [1.54, 1.807) is 11.8 Å². The van der Waals surface area contributed by atoms with Crippen LogP contribution in [-0.2, 0) is 11.2 Å². The minimum Gasteiger partial charge on any atom is -0.354 e. The zero-order valence-corrected chi connectivity index (χ0v) is 11.2. The summed E-state index contributed by atoms with van der Waals surface area (Å²) < 4.78 is 0. The van der Waals surface area contributed by atoms with Crippen LogP contribution in [0.1, 0.15) is 18.4 Å². The molecule has 0 radical (unpaired) electrons. The lowest BCUT2D eigenvalue weighted by molar-refractivity contribution is -0.124. The van der Waals surface area contributed by atoms with Crippen LogP contribution in [0.2, 0.25) is 0 Å². The van der Waals surface area contributed by atoms with Crippen molar-refractivity contribution in [2.75, 3.05) is 12.8 Å². The van der Waals surface area contributed by atoms with E-state index < -0.39 is 5.41 Å². The number of nitrogens with one attached hydrogen (secondary N) is 1. The summed E-state index contributed by atoms with van der Waals surface area (Å²) in [4.78, 5) is 13.0. The quantitative estimate of drug-likeness (QED) is 0.827. The highest BCUT2D eigenvalue weighted by Gasteiger charge is 2.50. The van der Waals surface area contributed by atoms with E-state index in [1.807, 2.05) is 6.26 Å². The molecule has 4 heteroatoms. The van der Waals surface area contributed by atoms with E-state index in [1.165, 1.54) is 10.5 Å². The average molecular weight is 260 g/mol. The van der Waals surface area contributed by atoms with E-state index in [0.29, 0.717) is 19.4 Å². The number of hydrogen-bond donors (Lipinski definition) is 1. The van der Waals surface area contributed by atoms with Gasteiger partial charge in [0.05, 0.1) is 6.07 Å². The summed E-state index contributed by atoms with van der Waals surface area (Å²) in [5, 5.41) is 11.7. The highest BCUT2D eigenvalue weighted by Crippen LogP contribution is 2.44. The van der Waals surface area contributed by atoms with Gasteiger partial charge in [-0.25, -0.2) is 0 Å².